The lowest BCUT2D eigenvalue weighted by Crippen LogP contribution is -2.31. The highest BCUT2D eigenvalue weighted by Crippen LogP contribution is 2.23. The average Bonchev–Trinajstić information content (AvgIpc) is 2.63. The van der Waals surface area contributed by atoms with Crippen molar-refractivity contribution >= 4 is 16.9 Å². The van der Waals surface area contributed by atoms with Crippen LogP contribution in [0.25, 0.3) is 11.0 Å². The van der Waals surface area contributed by atoms with E-state index < -0.39 is 11.7 Å². The second-order valence-corrected chi connectivity index (χ2v) is 6.08. The highest BCUT2D eigenvalue weighted by atomic mass is 16.4. The van der Waals surface area contributed by atoms with Crippen molar-refractivity contribution in [2.24, 2.45) is 0 Å². The van der Waals surface area contributed by atoms with Gasteiger partial charge >= 0.3 is 5.63 Å². The molecular weight excluding hydrogens is 334 g/mol. The number of hydrogen-bond donors (Lipinski definition) is 3. The maximum Gasteiger partial charge on any atom is 0.340 e. The second kappa shape index (κ2) is 7.41. The molecule has 0 aliphatic rings. The van der Waals surface area contributed by atoms with Crippen molar-refractivity contribution in [1.82, 2.24) is 5.32 Å². The third kappa shape index (κ3) is 3.75. The van der Waals surface area contributed by atoms with E-state index in [2.05, 4.69) is 5.32 Å². The van der Waals surface area contributed by atoms with Gasteiger partial charge in [-0.2, -0.15) is 0 Å². The molecule has 3 rings (SSSR count). The monoisotopic (exact) mass is 353 g/mol. The number of rotatable bonds is 5. The average molecular weight is 353 g/mol. The Morgan fingerprint density at radius 3 is 2.65 bits per heavy atom. The summed E-state index contributed by atoms with van der Waals surface area (Å²) in [7, 11) is 0. The van der Waals surface area contributed by atoms with Crippen LogP contribution in [0.2, 0.25) is 0 Å². The Kier molecular flexibility index (Phi) is 5.04. The van der Waals surface area contributed by atoms with Gasteiger partial charge in [-0.25, -0.2) is 4.79 Å². The van der Waals surface area contributed by atoms with Gasteiger partial charge in [-0.1, -0.05) is 30.3 Å². The Hall–Kier alpha value is -3.12. The maximum atomic E-state index is 12.2. The number of carbonyl (C=O) groups is 1. The number of fused-ring (bicyclic) bond motifs is 1. The van der Waals surface area contributed by atoms with Gasteiger partial charge in [0.2, 0.25) is 5.91 Å². The molecular formula is C20H19NO5. The molecule has 6 heteroatoms. The Labute approximate surface area is 149 Å². The van der Waals surface area contributed by atoms with Gasteiger partial charge in [0.25, 0.3) is 0 Å². The molecule has 0 fully saturated rings. The number of phenolic OH excluding ortho intramolecular Hbond substituents is 1. The van der Waals surface area contributed by atoms with Crippen LogP contribution in [0, 0.1) is 6.92 Å². The van der Waals surface area contributed by atoms with Gasteiger partial charge in [-0.3, -0.25) is 4.79 Å². The minimum atomic E-state index is -0.822. The molecule has 0 saturated heterocycles. The van der Waals surface area contributed by atoms with Crippen LogP contribution in [0.1, 0.15) is 22.8 Å². The van der Waals surface area contributed by atoms with Crippen molar-refractivity contribution in [2.75, 3.05) is 6.54 Å². The number of aryl methyl sites for hydroxylation is 1. The number of benzene rings is 2. The quantitative estimate of drug-likeness (QED) is 0.611. The van der Waals surface area contributed by atoms with E-state index in [-0.39, 0.29) is 35.8 Å². The Morgan fingerprint density at radius 1 is 1.19 bits per heavy atom. The van der Waals surface area contributed by atoms with E-state index in [1.54, 1.807) is 25.1 Å². The molecule has 134 valence electrons. The SMILES string of the molecule is Cc1c(CC(=O)NC[C@H](O)c2ccccc2)c(=O)oc2cc(O)ccc12. The number of aliphatic hydroxyl groups is 1. The van der Waals surface area contributed by atoms with Crippen LogP contribution in [0.15, 0.2) is 57.7 Å². The minimum absolute atomic E-state index is 0.000410. The number of phenols is 1. The number of aliphatic hydroxyl groups excluding tert-OH is 1. The van der Waals surface area contributed by atoms with Crippen LogP contribution in [0.3, 0.4) is 0 Å². The van der Waals surface area contributed by atoms with E-state index in [0.717, 1.165) is 0 Å². The van der Waals surface area contributed by atoms with Crippen LogP contribution < -0.4 is 10.9 Å². The lowest BCUT2D eigenvalue weighted by Gasteiger charge is -2.13. The lowest BCUT2D eigenvalue weighted by molar-refractivity contribution is -0.120. The summed E-state index contributed by atoms with van der Waals surface area (Å²) in [6, 6.07) is 13.5. The summed E-state index contributed by atoms with van der Waals surface area (Å²) in [4.78, 5) is 24.4. The Balaban J connectivity index is 1.73. The van der Waals surface area contributed by atoms with E-state index in [1.165, 1.54) is 12.1 Å². The molecule has 3 aromatic rings. The van der Waals surface area contributed by atoms with Crippen molar-refractivity contribution in [2.45, 2.75) is 19.4 Å². The van der Waals surface area contributed by atoms with Gasteiger partial charge in [0.1, 0.15) is 11.3 Å². The fraction of sp³-hybridized carbons (Fsp3) is 0.200. The number of carbonyl (C=O) groups excluding carboxylic acids is 1. The molecule has 1 amide bonds. The summed E-state index contributed by atoms with van der Waals surface area (Å²) in [6.45, 7) is 1.78. The molecule has 1 heterocycles. The zero-order valence-corrected chi connectivity index (χ0v) is 14.2. The summed E-state index contributed by atoms with van der Waals surface area (Å²) < 4.78 is 5.21. The molecule has 6 nitrogen and oxygen atoms in total. The van der Waals surface area contributed by atoms with Crippen LogP contribution in [-0.2, 0) is 11.2 Å². The molecule has 26 heavy (non-hydrogen) atoms. The highest BCUT2D eigenvalue weighted by molar-refractivity contribution is 5.85. The molecule has 1 aromatic heterocycles. The van der Waals surface area contributed by atoms with Crippen molar-refractivity contribution in [3.8, 4) is 5.75 Å². The first kappa shape index (κ1) is 17.7. The van der Waals surface area contributed by atoms with Gasteiger partial charge < -0.3 is 19.9 Å². The minimum Gasteiger partial charge on any atom is -0.508 e. The van der Waals surface area contributed by atoms with Crippen molar-refractivity contribution in [1.29, 1.82) is 0 Å². The smallest absolute Gasteiger partial charge is 0.340 e. The fourth-order valence-corrected chi connectivity index (χ4v) is 2.81. The van der Waals surface area contributed by atoms with Crippen LogP contribution >= 0.6 is 0 Å². The van der Waals surface area contributed by atoms with Crippen molar-refractivity contribution in [3.63, 3.8) is 0 Å². The standard InChI is InChI=1S/C20H19NO5/c1-12-15-8-7-14(22)9-18(15)26-20(25)16(12)10-19(24)21-11-17(23)13-5-3-2-4-6-13/h2-9,17,22-23H,10-11H2,1H3,(H,21,24)/t17-/m0/s1. The van der Waals surface area contributed by atoms with Crippen LogP contribution in [-0.4, -0.2) is 22.7 Å². The predicted molar refractivity (Wildman–Crippen MR) is 97.0 cm³/mol. The molecule has 0 spiro atoms. The normalized spacial score (nSPS) is 12.1. The Bertz CT molecular complexity index is 994. The van der Waals surface area contributed by atoms with Gasteiger partial charge in [0.05, 0.1) is 18.1 Å². The van der Waals surface area contributed by atoms with Gasteiger partial charge in [-0.15, -0.1) is 0 Å². The van der Waals surface area contributed by atoms with E-state index >= 15 is 0 Å². The molecule has 0 bridgehead atoms. The van der Waals surface area contributed by atoms with E-state index in [1.807, 2.05) is 18.2 Å². The first-order valence-corrected chi connectivity index (χ1v) is 8.20. The zero-order chi connectivity index (χ0) is 18.7. The third-order valence-electron chi connectivity index (χ3n) is 4.29. The first-order valence-electron chi connectivity index (χ1n) is 8.20. The summed E-state index contributed by atoms with van der Waals surface area (Å²) in [5.41, 5.74) is 1.26. The van der Waals surface area contributed by atoms with Gasteiger partial charge in [0, 0.05) is 18.0 Å². The summed E-state index contributed by atoms with van der Waals surface area (Å²) in [5, 5.41) is 22.9. The summed E-state index contributed by atoms with van der Waals surface area (Å²) in [6.07, 6.45) is -0.968. The van der Waals surface area contributed by atoms with Crippen molar-refractivity contribution in [3.05, 3.63) is 75.6 Å². The molecule has 1 atom stereocenters. The Morgan fingerprint density at radius 2 is 1.92 bits per heavy atom. The first-order chi connectivity index (χ1) is 12.5. The number of amides is 1. The maximum absolute atomic E-state index is 12.2. The largest absolute Gasteiger partial charge is 0.508 e. The molecule has 2 aromatic carbocycles. The molecule has 3 N–H and O–H groups in total. The predicted octanol–water partition coefficient (Wildman–Crippen LogP) is 2.20. The van der Waals surface area contributed by atoms with E-state index in [9.17, 15) is 19.8 Å². The van der Waals surface area contributed by atoms with Crippen LogP contribution in [0.4, 0.5) is 0 Å². The van der Waals surface area contributed by atoms with Gasteiger partial charge in [-0.05, 0) is 30.2 Å². The lowest BCUT2D eigenvalue weighted by atomic mass is 10.0. The third-order valence-corrected chi connectivity index (χ3v) is 4.29. The fourth-order valence-electron chi connectivity index (χ4n) is 2.81. The second-order valence-electron chi connectivity index (χ2n) is 6.08. The number of nitrogens with one attached hydrogen (secondary N) is 1. The molecule has 0 unspecified atom stereocenters. The van der Waals surface area contributed by atoms with Crippen LogP contribution in [0.5, 0.6) is 5.75 Å². The molecule has 0 radical (unpaired) electrons. The van der Waals surface area contributed by atoms with E-state index in [0.29, 0.717) is 16.5 Å². The highest BCUT2D eigenvalue weighted by Gasteiger charge is 2.16. The zero-order valence-electron chi connectivity index (χ0n) is 14.2. The summed E-state index contributed by atoms with van der Waals surface area (Å²) in [5.74, 6) is -0.381. The summed E-state index contributed by atoms with van der Waals surface area (Å²) >= 11 is 0. The molecule has 0 saturated carbocycles. The van der Waals surface area contributed by atoms with Gasteiger partial charge in [0.15, 0.2) is 0 Å². The van der Waals surface area contributed by atoms with E-state index in [4.69, 9.17) is 4.42 Å². The number of aromatic hydroxyl groups is 1. The van der Waals surface area contributed by atoms with Crippen molar-refractivity contribution < 1.29 is 19.4 Å². The molecule has 0 aliphatic heterocycles. The number of hydrogen-bond acceptors (Lipinski definition) is 5. The molecule has 0 aliphatic carbocycles. The topological polar surface area (TPSA) is 99.8 Å².